The minimum Gasteiger partial charge on any atom is -0.491 e. The zero-order chi connectivity index (χ0) is 23.1. The molecule has 6 rings (SSSR count). The largest absolute Gasteiger partial charge is 0.491 e. The monoisotopic (exact) mass is 466 g/mol. The van der Waals surface area contributed by atoms with Crippen LogP contribution in [0.3, 0.4) is 0 Å². The van der Waals surface area contributed by atoms with E-state index in [1.54, 1.807) is 30.5 Å². The molecule has 178 valence electrons. The molecule has 0 aliphatic carbocycles. The average Bonchev–Trinajstić information content (AvgIpc) is 3.62. The minimum absolute atomic E-state index is 0.130. The average molecular weight is 467 g/mol. The van der Waals surface area contributed by atoms with Gasteiger partial charge >= 0.3 is 0 Å². The number of aromatic nitrogens is 1. The van der Waals surface area contributed by atoms with E-state index in [4.69, 9.17) is 18.9 Å². The van der Waals surface area contributed by atoms with Crippen molar-refractivity contribution in [3.8, 4) is 11.4 Å². The van der Waals surface area contributed by atoms with Crippen molar-refractivity contribution in [2.45, 2.75) is 31.2 Å². The number of fused-ring (bicyclic) bond motifs is 1. The third kappa shape index (κ3) is 3.96. The van der Waals surface area contributed by atoms with Crippen molar-refractivity contribution in [3.63, 3.8) is 0 Å². The molecule has 0 radical (unpaired) electrons. The van der Waals surface area contributed by atoms with Gasteiger partial charge in [0.15, 0.2) is 5.79 Å². The van der Waals surface area contributed by atoms with Crippen molar-refractivity contribution in [2.75, 3.05) is 44.4 Å². The van der Waals surface area contributed by atoms with E-state index >= 15 is 4.39 Å². The second kappa shape index (κ2) is 8.69. The zero-order valence-corrected chi connectivity index (χ0v) is 18.9. The summed E-state index contributed by atoms with van der Waals surface area (Å²) in [5.74, 6) is -0.292. The molecule has 0 N–H and O–H groups in total. The first kappa shape index (κ1) is 21.6. The molecule has 3 aliphatic heterocycles. The van der Waals surface area contributed by atoms with Gasteiger partial charge in [-0.25, -0.2) is 4.39 Å². The van der Waals surface area contributed by atoms with Crippen molar-refractivity contribution >= 4 is 16.5 Å². The summed E-state index contributed by atoms with van der Waals surface area (Å²) in [4.78, 5) is 15.1. The fourth-order valence-electron chi connectivity index (χ4n) is 5.08. The molecule has 7 nitrogen and oxygen atoms in total. The molecule has 34 heavy (non-hydrogen) atoms. The second-order valence-corrected chi connectivity index (χ2v) is 9.10. The summed E-state index contributed by atoms with van der Waals surface area (Å²) < 4.78 is 39.5. The number of pyridine rings is 1. The first-order chi connectivity index (χ1) is 16.6. The van der Waals surface area contributed by atoms with Crippen LogP contribution in [0.4, 0.5) is 10.1 Å². The van der Waals surface area contributed by atoms with Gasteiger partial charge in [0.05, 0.1) is 37.2 Å². The lowest BCUT2D eigenvalue weighted by atomic mass is 10.1. The maximum absolute atomic E-state index is 15.1. The number of benzene rings is 2. The molecule has 0 bridgehead atoms. The first-order valence-electron chi connectivity index (χ1n) is 11.8. The Morgan fingerprint density at radius 1 is 1.09 bits per heavy atom. The number of anilines is 1. The van der Waals surface area contributed by atoms with Gasteiger partial charge in [-0.05, 0) is 54.6 Å². The van der Waals surface area contributed by atoms with Crippen LogP contribution in [-0.4, -0.2) is 56.0 Å². The summed E-state index contributed by atoms with van der Waals surface area (Å²) in [6.07, 6.45) is 4.58. The van der Waals surface area contributed by atoms with Gasteiger partial charge in [0.25, 0.3) is 5.56 Å². The van der Waals surface area contributed by atoms with Crippen LogP contribution in [0.15, 0.2) is 53.5 Å². The zero-order valence-electron chi connectivity index (χ0n) is 18.9. The molecule has 8 heteroatoms. The highest BCUT2D eigenvalue weighted by molar-refractivity contribution is 5.83. The Bertz CT molecular complexity index is 1260. The predicted octanol–water partition coefficient (Wildman–Crippen LogP) is 3.64. The van der Waals surface area contributed by atoms with Crippen molar-refractivity contribution in [2.24, 2.45) is 0 Å². The molecule has 3 aromatic rings. The number of nitrogens with zero attached hydrogens (tertiary/aromatic N) is 2. The molecular weight excluding hydrogens is 439 g/mol. The summed E-state index contributed by atoms with van der Waals surface area (Å²) in [6.45, 7) is 3.59. The lowest BCUT2D eigenvalue weighted by molar-refractivity contribution is -0.137. The summed E-state index contributed by atoms with van der Waals surface area (Å²) >= 11 is 0. The van der Waals surface area contributed by atoms with Gasteiger partial charge in [-0.1, -0.05) is 0 Å². The maximum Gasteiger partial charge on any atom is 0.262 e. The molecule has 1 unspecified atom stereocenters. The third-order valence-electron chi connectivity index (χ3n) is 6.89. The van der Waals surface area contributed by atoms with Gasteiger partial charge in [0, 0.05) is 37.2 Å². The van der Waals surface area contributed by atoms with E-state index in [-0.39, 0.29) is 17.5 Å². The quantitative estimate of drug-likeness (QED) is 0.572. The molecule has 0 amide bonds. The normalized spacial score (nSPS) is 21.7. The Labute approximate surface area is 196 Å². The third-order valence-corrected chi connectivity index (χ3v) is 6.89. The summed E-state index contributed by atoms with van der Waals surface area (Å²) in [7, 11) is 0. The topological polar surface area (TPSA) is 62.2 Å². The van der Waals surface area contributed by atoms with E-state index in [0.29, 0.717) is 61.8 Å². The first-order valence-corrected chi connectivity index (χ1v) is 11.8. The summed E-state index contributed by atoms with van der Waals surface area (Å²) in [5.41, 5.74) is 0.763. The summed E-state index contributed by atoms with van der Waals surface area (Å²) in [6, 6.07) is 12.2. The maximum atomic E-state index is 15.1. The van der Waals surface area contributed by atoms with Gasteiger partial charge in [0.1, 0.15) is 18.2 Å². The van der Waals surface area contributed by atoms with E-state index in [2.05, 4.69) is 0 Å². The highest BCUT2D eigenvalue weighted by Crippen LogP contribution is 2.35. The molecule has 3 saturated heterocycles. The van der Waals surface area contributed by atoms with Gasteiger partial charge < -0.3 is 23.8 Å². The molecule has 1 spiro atoms. The Balaban J connectivity index is 1.23. The van der Waals surface area contributed by atoms with Crippen molar-refractivity contribution in [1.29, 1.82) is 0 Å². The van der Waals surface area contributed by atoms with Crippen LogP contribution in [0.1, 0.15) is 19.3 Å². The van der Waals surface area contributed by atoms with Gasteiger partial charge in [0.2, 0.25) is 0 Å². The van der Waals surface area contributed by atoms with Crippen LogP contribution < -0.4 is 15.2 Å². The Kier molecular flexibility index (Phi) is 5.51. The van der Waals surface area contributed by atoms with Crippen molar-refractivity contribution < 1.29 is 23.3 Å². The minimum atomic E-state index is -0.618. The second-order valence-electron chi connectivity index (χ2n) is 9.10. The van der Waals surface area contributed by atoms with Crippen LogP contribution >= 0.6 is 0 Å². The molecule has 4 heterocycles. The van der Waals surface area contributed by atoms with Crippen molar-refractivity contribution in [1.82, 2.24) is 4.57 Å². The Hall–Kier alpha value is -2.94. The SMILES string of the molecule is O=c1c2ccc(OCC3CCCO3)cc2ccn1-c1ccc(N2CCC3(C2)OCCO3)c(F)c1. The Morgan fingerprint density at radius 2 is 1.97 bits per heavy atom. The number of halogens is 1. The van der Waals surface area contributed by atoms with Gasteiger partial charge in [-0.2, -0.15) is 0 Å². The van der Waals surface area contributed by atoms with E-state index in [9.17, 15) is 4.79 Å². The van der Waals surface area contributed by atoms with Crippen LogP contribution in [0.5, 0.6) is 5.75 Å². The molecule has 3 fully saturated rings. The number of rotatable bonds is 5. The van der Waals surface area contributed by atoms with Crippen LogP contribution in [0.2, 0.25) is 0 Å². The standard InChI is InChI=1S/C26H27FN2O5/c27-23-15-19(3-6-24(23)28-10-8-26(17-28)33-12-13-34-26)29-9-7-18-14-20(4-5-22(18)25(29)30)32-16-21-2-1-11-31-21/h3-7,9,14-15,21H,1-2,8,10-13,16-17H2. The predicted molar refractivity (Wildman–Crippen MR) is 125 cm³/mol. The molecule has 0 saturated carbocycles. The van der Waals surface area contributed by atoms with Crippen LogP contribution in [0, 0.1) is 5.82 Å². The fourth-order valence-corrected chi connectivity index (χ4v) is 5.08. The van der Waals surface area contributed by atoms with Crippen molar-refractivity contribution in [3.05, 3.63) is 64.8 Å². The number of ether oxygens (including phenoxy) is 4. The fraction of sp³-hybridized carbons (Fsp3) is 0.423. The number of hydrogen-bond acceptors (Lipinski definition) is 6. The van der Waals surface area contributed by atoms with E-state index in [1.165, 1.54) is 10.6 Å². The van der Waals surface area contributed by atoms with E-state index < -0.39 is 5.79 Å². The van der Waals surface area contributed by atoms with Gasteiger partial charge in [-0.15, -0.1) is 0 Å². The molecule has 1 atom stereocenters. The molecule has 3 aliphatic rings. The van der Waals surface area contributed by atoms with E-state index in [0.717, 1.165) is 24.8 Å². The van der Waals surface area contributed by atoms with Crippen LogP contribution in [0.25, 0.3) is 16.5 Å². The highest BCUT2D eigenvalue weighted by Gasteiger charge is 2.43. The summed E-state index contributed by atoms with van der Waals surface area (Å²) in [5, 5.41) is 1.33. The van der Waals surface area contributed by atoms with Crippen LogP contribution in [-0.2, 0) is 14.2 Å². The van der Waals surface area contributed by atoms with Gasteiger partial charge in [-0.3, -0.25) is 9.36 Å². The highest BCUT2D eigenvalue weighted by atomic mass is 19.1. The molecule has 2 aromatic carbocycles. The number of hydrogen-bond donors (Lipinski definition) is 0. The smallest absolute Gasteiger partial charge is 0.262 e. The molecule has 1 aromatic heterocycles. The lowest BCUT2D eigenvalue weighted by Crippen LogP contribution is -2.34. The molecular formula is C26H27FN2O5. The van der Waals surface area contributed by atoms with E-state index in [1.807, 2.05) is 17.0 Å². The Morgan fingerprint density at radius 3 is 2.76 bits per heavy atom. The lowest BCUT2D eigenvalue weighted by Gasteiger charge is -2.24.